The normalized spacial score (nSPS) is 20.7. The number of rotatable bonds is 4. The van der Waals surface area contributed by atoms with Gasteiger partial charge in [-0.3, -0.25) is 9.69 Å². The molecule has 1 amide bonds. The summed E-state index contributed by atoms with van der Waals surface area (Å²) in [5.74, 6) is 1.06. The van der Waals surface area contributed by atoms with Gasteiger partial charge in [0.1, 0.15) is 11.0 Å². The van der Waals surface area contributed by atoms with Crippen LogP contribution in [-0.4, -0.2) is 59.0 Å². The van der Waals surface area contributed by atoms with E-state index in [1.54, 1.807) is 6.07 Å². The van der Waals surface area contributed by atoms with Crippen LogP contribution in [0.25, 0.3) is 0 Å². The third-order valence-electron chi connectivity index (χ3n) is 4.19. The Bertz CT molecular complexity index is 536. The van der Waals surface area contributed by atoms with E-state index in [2.05, 4.69) is 25.1 Å². The fraction of sp³-hybridized carbons (Fsp3) is 0.643. The molecule has 2 heterocycles. The summed E-state index contributed by atoms with van der Waals surface area (Å²) >= 11 is 5.92. The predicted octanol–water partition coefficient (Wildman–Crippen LogP) is 0.501. The first-order chi connectivity index (χ1) is 10.5. The number of amides is 1. The van der Waals surface area contributed by atoms with Gasteiger partial charge in [-0.1, -0.05) is 11.6 Å². The fourth-order valence-corrected chi connectivity index (χ4v) is 2.82. The van der Waals surface area contributed by atoms with Crippen LogP contribution in [0.15, 0.2) is 6.07 Å². The number of aromatic nitrogens is 2. The lowest BCUT2D eigenvalue weighted by molar-refractivity contribution is -0.126. The zero-order valence-corrected chi connectivity index (χ0v) is 13.4. The molecule has 1 atom stereocenters. The molecule has 1 aromatic heterocycles. The van der Waals surface area contributed by atoms with Crippen LogP contribution in [0.1, 0.15) is 19.8 Å². The molecule has 0 aromatic carbocycles. The lowest BCUT2D eigenvalue weighted by Crippen LogP contribution is -2.54. The second-order valence-corrected chi connectivity index (χ2v) is 6.28. The molecule has 1 aromatic rings. The maximum Gasteiger partial charge on any atom is 0.237 e. The van der Waals surface area contributed by atoms with Gasteiger partial charge in [-0.25, -0.2) is 4.98 Å². The number of piperazine rings is 1. The summed E-state index contributed by atoms with van der Waals surface area (Å²) in [5.41, 5.74) is 5.64. The van der Waals surface area contributed by atoms with E-state index in [1.165, 1.54) is 0 Å². The van der Waals surface area contributed by atoms with E-state index in [-0.39, 0.29) is 17.9 Å². The van der Waals surface area contributed by atoms with Gasteiger partial charge in [0.15, 0.2) is 0 Å². The Kier molecular flexibility index (Phi) is 4.35. The molecule has 3 N–H and O–H groups in total. The molecule has 22 heavy (non-hydrogen) atoms. The average molecular weight is 325 g/mol. The van der Waals surface area contributed by atoms with Crippen LogP contribution in [0.5, 0.6) is 0 Å². The minimum Gasteiger partial charge on any atom is -0.368 e. The number of nitrogen functional groups attached to an aromatic ring is 1. The SMILES string of the molecule is CC(C(=O)NC1CC1)N1CCN(c2cc(Cl)nc(N)n2)CC1. The Labute approximate surface area is 134 Å². The molecular formula is C14H21ClN6O. The fourth-order valence-electron chi connectivity index (χ4n) is 2.64. The number of carbonyl (C=O) groups excluding carboxylic acids is 1. The number of nitrogens with one attached hydrogen (secondary N) is 1. The Morgan fingerprint density at radius 1 is 1.36 bits per heavy atom. The highest BCUT2D eigenvalue weighted by molar-refractivity contribution is 6.29. The summed E-state index contributed by atoms with van der Waals surface area (Å²) in [4.78, 5) is 24.5. The number of hydrogen-bond donors (Lipinski definition) is 2. The summed E-state index contributed by atoms with van der Waals surface area (Å²) in [7, 11) is 0. The van der Waals surface area contributed by atoms with Crippen LogP contribution >= 0.6 is 11.6 Å². The van der Waals surface area contributed by atoms with Gasteiger partial charge in [0.25, 0.3) is 0 Å². The van der Waals surface area contributed by atoms with Crippen LogP contribution in [-0.2, 0) is 4.79 Å². The third-order valence-corrected chi connectivity index (χ3v) is 4.38. The van der Waals surface area contributed by atoms with Crippen LogP contribution in [0.2, 0.25) is 5.15 Å². The van der Waals surface area contributed by atoms with Gasteiger partial charge in [0.2, 0.25) is 11.9 Å². The van der Waals surface area contributed by atoms with Crippen LogP contribution < -0.4 is 16.0 Å². The van der Waals surface area contributed by atoms with E-state index in [1.807, 2.05) is 6.92 Å². The van der Waals surface area contributed by atoms with Gasteiger partial charge < -0.3 is 16.0 Å². The maximum absolute atomic E-state index is 12.1. The molecule has 1 aliphatic heterocycles. The van der Waals surface area contributed by atoms with Gasteiger partial charge in [-0.05, 0) is 19.8 Å². The molecule has 2 aliphatic rings. The first kappa shape index (κ1) is 15.3. The molecule has 7 nitrogen and oxygen atoms in total. The molecule has 8 heteroatoms. The second kappa shape index (κ2) is 6.26. The Balaban J connectivity index is 1.56. The maximum atomic E-state index is 12.1. The summed E-state index contributed by atoms with van der Waals surface area (Å²) in [6, 6.07) is 2.03. The van der Waals surface area contributed by atoms with Gasteiger partial charge in [-0.15, -0.1) is 0 Å². The molecule has 0 radical (unpaired) electrons. The van der Waals surface area contributed by atoms with E-state index in [9.17, 15) is 4.79 Å². The number of hydrogen-bond acceptors (Lipinski definition) is 6. The zero-order chi connectivity index (χ0) is 15.7. The van der Waals surface area contributed by atoms with E-state index >= 15 is 0 Å². The highest BCUT2D eigenvalue weighted by Crippen LogP contribution is 2.21. The van der Waals surface area contributed by atoms with Gasteiger partial charge in [0, 0.05) is 38.3 Å². The summed E-state index contributed by atoms with van der Waals surface area (Å²) in [6.07, 6.45) is 2.23. The molecular weight excluding hydrogens is 304 g/mol. The summed E-state index contributed by atoms with van der Waals surface area (Å²) in [6.45, 7) is 5.15. The number of nitrogens with zero attached hydrogens (tertiary/aromatic N) is 4. The molecule has 120 valence electrons. The van der Waals surface area contributed by atoms with Crippen molar-refractivity contribution in [1.29, 1.82) is 0 Å². The van der Waals surface area contributed by atoms with Crippen molar-refractivity contribution in [3.8, 4) is 0 Å². The Morgan fingerprint density at radius 2 is 2.05 bits per heavy atom. The number of anilines is 2. The first-order valence-corrected chi connectivity index (χ1v) is 8.00. The highest BCUT2D eigenvalue weighted by atomic mass is 35.5. The second-order valence-electron chi connectivity index (χ2n) is 5.89. The highest BCUT2D eigenvalue weighted by Gasteiger charge is 2.30. The average Bonchev–Trinajstić information content (AvgIpc) is 3.29. The van der Waals surface area contributed by atoms with Crippen molar-refractivity contribution in [1.82, 2.24) is 20.2 Å². The number of nitrogens with two attached hydrogens (primary N) is 1. The molecule has 0 spiro atoms. The van der Waals surface area contributed by atoms with Crippen LogP contribution in [0.4, 0.5) is 11.8 Å². The molecule has 3 rings (SSSR count). The standard InChI is InChI=1S/C14H21ClN6O/c1-9(13(22)17-10-2-3-10)20-4-6-21(7-5-20)12-8-11(15)18-14(16)19-12/h8-10H,2-7H2,1H3,(H,17,22)(H2,16,18,19). The topological polar surface area (TPSA) is 87.4 Å². The predicted molar refractivity (Wildman–Crippen MR) is 85.9 cm³/mol. The van der Waals surface area contributed by atoms with Crippen molar-refractivity contribution in [2.45, 2.75) is 31.8 Å². The quantitative estimate of drug-likeness (QED) is 0.784. The lowest BCUT2D eigenvalue weighted by Gasteiger charge is -2.38. The van der Waals surface area contributed by atoms with E-state index < -0.39 is 0 Å². The van der Waals surface area contributed by atoms with E-state index in [0.717, 1.165) is 44.8 Å². The molecule has 0 bridgehead atoms. The van der Waals surface area contributed by atoms with E-state index in [4.69, 9.17) is 17.3 Å². The zero-order valence-electron chi connectivity index (χ0n) is 12.6. The van der Waals surface area contributed by atoms with Gasteiger partial charge in [-0.2, -0.15) is 4.98 Å². The largest absolute Gasteiger partial charge is 0.368 e. The van der Waals surface area contributed by atoms with E-state index in [0.29, 0.717) is 11.2 Å². The minimum absolute atomic E-state index is 0.0955. The summed E-state index contributed by atoms with van der Waals surface area (Å²) < 4.78 is 0. The van der Waals surface area contributed by atoms with Crippen molar-refractivity contribution in [3.05, 3.63) is 11.2 Å². The summed E-state index contributed by atoms with van der Waals surface area (Å²) in [5, 5.41) is 3.41. The van der Waals surface area contributed by atoms with Crippen molar-refractivity contribution in [2.75, 3.05) is 36.8 Å². The molecule has 1 saturated carbocycles. The van der Waals surface area contributed by atoms with Crippen molar-refractivity contribution in [2.24, 2.45) is 0 Å². The first-order valence-electron chi connectivity index (χ1n) is 7.62. The van der Waals surface area contributed by atoms with Gasteiger partial charge in [0.05, 0.1) is 6.04 Å². The van der Waals surface area contributed by atoms with Crippen molar-refractivity contribution in [3.63, 3.8) is 0 Å². The molecule has 1 unspecified atom stereocenters. The van der Waals surface area contributed by atoms with Crippen molar-refractivity contribution >= 4 is 29.3 Å². The van der Waals surface area contributed by atoms with Gasteiger partial charge >= 0.3 is 0 Å². The third kappa shape index (κ3) is 3.59. The lowest BCUT2D eigenvalue weighted by atomic mass is 10.2. The molecule has 2 fully saturated rings. The Hall–Kier alpha value is -1.60. The monoisotopic (exact) mass is 324 g/mol. The Morgan fingerprint density at radius 3 is 2.64 bits per heavy atom. The molecule has 1 aliphatic carbocycles. The number of halogens is 1. The molecule has 1 saturated heterocycles. The minimum atomic E-state index is -0.0955. The van der Waals surface area contributed by atoms with Crippen LogP contribution in [0.3, 0.4) is 0 Å². The van der Waals surface area contributed by atoms with Crippen molar-refractivity contribution < 1.29 is 4.79 Å². The van der Waals surface area contributed by atoms with Crippen LogP contribution in [0, 0.1) is 0 Å². The number of carbonyl (C=O) groups is 1. The smallest absolute Gasteiger partial charge is 0.237 e.